The van der Waals surface area contributed by atoms with Crippen LogP contribution in [0.5, 0.6) is 0 Å². The molecule has 1 N–H and O–H groups in total. The van der Waals surface area contributed by atoms with E-state index in [0.29, 0.717) is 10.7 Å². The second kappa shape index (κ2) is 6.38. The number of aryl methyl sites for hydroxylation is 1. The molecule has 5 heteroatoms. The summed E-state index contributed by atoms with van der Waals surface area (Å²) >= 11 is 9.47. The fourth-order valence-corrected chi connectivity index (χ4v) is 3.61. The number of rotatable bonds is 3. The van der Waals surface area contributed by atoms with Gasteiger partial charge in [-0.15, -0.1) is 0 Å². The average molecular weight is 392 g/mol. The monoisotopic (exact) mass is 390 g/mol. The molecular formula is C18H16BrClN2O. The standard InChI is InChI=1S/C18H16BrClN2O/c1-11(12-7-9-13(20)10-8-12)21-18(23)17-16(19)14-5-3-4-6-15(14)22(17)2/h3-11H,1-2H3,(H,21,23). The van der Waals surface area contributed by atoms with Crippen LogP contribution < -0.4 is 5.32 Å². The van der Waals surface area contributed by atoms with Gasteiger partial charge in [0.05, 0.1) is 10.5 Å². The number of halogens is 2. The molecule has 3 rings (SSSR count). The number of carbonyl (C=O) groups is 1. The third-order valence-electron chi connectivity index (χ3n) is 3.98. The predicted molar refractivity (Wildman–Crippen MR) is 98.0 cm³/mol. The van der Waals surface area contributed by atoms with Gasteiger partial charge in [0.15, 0.2) is 0 Å². The van der Waals surface area contributed by atoms with Gasteiger partial charge in [0, 0.05) is 23.0 Å². The summed E-state index contributed by atoms with van der Waals surface area (Å²) < 4.78 is 2.72. The zero-order valence-electron chi connectivity index (χ0n) is 12.8. The Labute approximate surface area is 148 Å². The Bertz CT molecular complexity index is 832. The number of para-hydroxylation sites is 1. The first-order chi connectivity index (χ1) is 11.0. The maximum absolute atomic E-state index is 12.7. The fourth-order valence-electron chi connectivity index (χ4n) is 2.70. The summed E-state index contributed by atoms with van der Waals surface area (Å²) in [4.78, 5) is 12.7. The summed E-state index contributed by atoms with van der Waals surface area (Å²) in [6.45, 7) is 1.96. The maximum atomic E-state index is 12.7. The SMILES string of the molecule is CC(NC(=O)c1c(Br)c2ccccc2n1C)c1ccc(Cl)cc1. The summed E-state index contributed by atoms with van der Waals surface area (Å²) in [5.74, 6) is -0.113. The molecule has 0 fully saturated rings. The van der Waals surface area contributed by atoms with Crippen molar-refractivity contribution in [2.24, 2.45) is 7.05 Å². The predicted octanol–water partition coefficient (Wildman–Crippen LogP) is 5.09. The highest BCUT2D eigenvalue weighted by atomic mass is 79.9. The Morgan fingerprint density at radius 3 is 2.48 bits per heavy atom. The molecule has 0 aliphatic heterocycles. The minimum absolute atomic E-state index is 0.107. The Balaban J connectivity index is 1.90. The van der Waals surface area contributed by atoms with Crippen molar-refractivity contribution in [2.75, 3.05) is 0 Å². The van der Waals surface area contributed by atoms with Gasteiger partial charge in [0.1, 0.15) is 5.69 Å². The topological polar surface area (TPSA) is 34.0 Å². The van der Waals surface area contributed by atoms with E-state index in [2.05, 4.69) is 21.2 Å². The van der Waals surface area contributed by atoms with Gasteiger partial charge in [-0.05, 0) is 46.6 Å². The van der Waals surface area contributed by atoms with Gasteiger partial charge in [-0.25, -0.2) is 0 Å². The molecule has 1 heterocycles. The van der Waals surface area contributed by atoms with Crippen molar-refractivity contribution in [1.29, 1.82) is 0 Å². The van der Waals surface area contributed by atoms with Gasteiger partial charge in [0.2, 0.25) is 0 Å². The number of benzene rings is 2. The van der Waals surface area contributed by atoms with E-state index >= 15 is 0 Å². The van der Waals surface area contributed by atoms with E-state index in [1.54, 1.807) is 0 Å². The van der Waals surface area contributed by atoms with Gasteiger partial charge < -0.3 is 9.88 Å². The van der Waals surface area contributed by atoms with Crippen LogP contribution in [0.15, 0.2) is 53.0 Å². The van der Waals surface area contributed by atoms with Gasteiger partial charge in [-0.1, -0.05) is 41.9 Å². The van der Waals surface area contributed by atoms with Crippen molar-refractivity contribution in [2.45, 2.75) is 13.0 Å². The summed E-state index contributed by atoms with van der Waals surface area (Å²) in [5, 5.41) is 4.75. The molecular weight excluding hydrogens is 376 g/mol. The first-order valence-corrected chi connectivity index (χ1v) is 8.45. The molecule has 1 unspecified atom stereocenters. The Morgan fingerprint density at radius 1 is 1.17 bits per heavy atom. The minimum Gasteiger partial charge on any atom is -0.344 e. The summed E-state index contributed by atoms with van der Waals surface area (Å²) in [6, 6.07) is 15.3. The average Bonchev–Trinajstić information content (AvgIpc) is 2.80. The van der Waals surface area contributed by atoms with E-state index in [1.165, 1.54) is 0 Å². The highest BCUT2D eigenvalue weighted by Crippen LogP contribution is 2.30. The van der Waals surface area contributed by atoms with Crippen LogP contribution >= 0.6 is 27.5 Å². The highest BCUT2D eigenvalue weighted by Gasteiger charge is 2.20. The molecule has 118 valence electrons. The Hall–Kier alpha value is -1.78. The Morgan fingerprint density at radius 2 is 1.83 bits per heavy atom. The summed E-state index contributed by atoms with van der Waals surface area (Å²) in [5.41, 5.74) is 2.65. The van der Waals surface area contributed by atoms with E-state index in [-0.39, 0.29) is 11.9 Å². The molecule has 0 aliphatic rings. The number of fused-ring (bicyclic) bond motifs is 1. The van der Waals surface area contributed by atoms with E-state index in [4.69, 9.17) is 11.6 Å². The van der Waals surface area contributed by atoms with Gasteiger partial charge in [-0.3, -0.25) is 4.79 Å². The zero-order valence-corrected chi connectivity index (χ0v) is 15.1. The second-order valence-electron chi connectivity index (χ2n) is 5.49. The molecule has 0 bridgehead atoms. The molecule has 1 atom stereocenters. The van der Waals surface area contributed by atoms with Crippen molar-refractivity contribution in [3.05, 3.63) is 69.3 Å². The number of amides is 1. The normalized spacial score (nSPS) is 12.3. The lowest BCUT2D eigenvalue weighted by molar-refractivity contribution is 0.0931. The summed E-state index contributed by atoms with van der Waals surface area (Å²) in [6.07, 6.45) is 0. The largest absolute Gasteiger partial charge is 0.344 e. The van der Waals surface area contributed by atoms with Crippen LogP contribution in [-0.4, -0.2) is 10.5 Å². The van der Waals surface area contributed by atoms with Crippen LogP contribution in [0, 0.1) is 0 Å². The molecule has 0 aliphatic carbocycles. The van der Waals surface area contributed by atoms with Gasteiger partial charge >= 0.3 is 0 Å². The van der Waals surface area contributed by atoms with Gasteiger partial charge in [0.25, 0.3) is 5.91 Å². The number of carbonyl (C=O) groups excluding carboxylic acids is 1. The van der Waals surface area contributed by atoms with E-state index in [0.717, 1.165) is 20.9 Å². The molecule has 1 aromatic heterocycles. The molecule has 23 heavy (non-hydrogen) atoms. The molecule has 3 aromatic rings. The third-order valence-corrected chi connectivity index (χ3v) is 5.03. The lowest BCUT2D eigenvalue weighted by Crippen LogP contribution is -2.28. The smallest absolute Gasteiger partial charge is 0.269 e. The highest BCUT2D eigenvalue weighted by molar-refractivity contribution is 9.10. The van der Waals surface area contributed by atoms with Crippen molar-refractivity contribution >= 4 is 44.3 Å². The van der Waals surface area contributed by atoms with Crippen molar-refractivity contribution in [3.8, 4) is 0 Å². The zero-order chi connectivity index (χ0) is 16.6. The van der Waals surface area contributed by atoms with Crippen LogP contribution in [0.4, 0.5) is 0 Å². The quantitative estimate of drug-likeness (QED) is 0.663. The maximum Gasteiger partial charge on any atom is 0.269 e. The number of hydrogen-bond donors (Lipinski definition) is 1. The van der Waals surface area contributed by atoms with E-state index in [9.17, 15) is 4.79 Å². The van der Waals surface area contributed by atoms with Crippen LogP contribution in [0.1, 0.15) is 29.0 Å². The van der Waals surface area contributed by atoms with Crippen LogP contribution in [-0.2, 0) is 7.05 Å². The minimum atomic E-state index is -0.113. The van der Waals surface area contributed by atoms with Crippen LogP contribution in [0.2, 0.25) is 5.02 Å². The lowest BCUT2D eigenvalue weighted by Gasteiger charge is -2.15. The van der Waals surface area contributed by atoms with Crippen molar-refractivity contribution < 1.29 is 4.79 Å². The number of hydrogen-bond acceptors (Lipinski definition) is 1. The van der Waals surface area contributed by atoms with Gasteiger partial charge in [-0.2, -0.15) is 0 Å². The number of nitrogens with one attached hydrogen (secondary N) is 1. The third kappa shape index (κ3) is 3.01. The summed E-state index contributed by atoms with van der Waals surface area (Å²) in [7, 11) is 1.90. The molecule has 2 aromatic carbocycles. The van der Waals surface area contributed by atoms with Crippen LogP contribution in [0.3, 0.4) is 0 Å². The van der Waals surface area contributed by atoms with Crippen molar-refractivity contribution in [3.63, 3.8) is 0 Å². The first kappa shape index (κ1) is 16.1. The molecule has 0 saturated carbocycles. The molecule has 0 spiro atoms. The van der Waals surface area contributed by atoms with Crippen molar-refractivity contribution in [1.82, 2.24) is 9.88 Å². The first-order valence-electron chi connectivity index (χ1n) is 7.28. The lowest BCUT2D eigenvalue weighted by atomic mass is 10.1. The fraction of sp³-hybridized carbons (Fsp3) is 0.167. The number of nitrogens with zero attached hydrogens (tertiary/aromatic N) is 1. The molecule has 0 saturated heterocycles. The van der Waals surface area contributed by atoms with Crippen LogP contribution in [0.25, 0.3) is 10.9 Å². The molecule has 1 amide bonds. The number of aromatic nitrogens is 1. The Kier molecular flexibility index (Phi) is 4.46. The second-order valence-corrected chi connectivity index (χ2v) is 6.71. The van der Waals surface area contributed by atoms with E-state index in [1.807, 2.05) is 67.1 Å². The molecule has 0 radical (unpaired) electrons. The van der Waals surface area contributed by atoms with E-state index < -0.39 is 0 Å². The molecule has 3 nitrogen and oxygen atoms in total.